The number of carbonyl (C=O) groups is 3. The van der Waals surface area contributed by atoms with Crippen LogP contribution in [0, 0.1) is 5.41 Å². The number of Topliss-reactive ketones (excluding diaryl/α,β-unsaturated/α-hetero) is 1. The molecular weight excluding hydrogens is 240 g/mol. The van der Waals surface area contributed by atoms with E-state index in [9.17, 15) is 14.4 Å². The standard InChI is InChI=1S/C12H14O6/c1-3-16-9(14)7-8(13)12(5-6-12)11(15)18-10(7)17-4-2/h3-6H2,1-2H3. The van der Waals surface area contributed by atoms with Crippen molar-refractivity contribution in [1.29, 1.82) is 0 Å². The van der Waals surface area contributed by atoms with Gasteiger partial charge in [-0.25, -0.2) is 4.79 Å². The molecule has 6 heteroatoms. The van der Waals surface area contributed by atoms with E-state index >= 15 is 0 Å². The maximum absolute atomic E-state index is 12.2. The van der Waals surface area contributed by atoms with Crippen molar-refractivity contribution < 1.29 is 28.6 Å². The molecule has 0 saturated heterocycles. The first-order valence-corrected chi connectivity index (χ1v) is 5.88. The van der Waals surface area contributed by atoms with Crippen LogP contribution in [0.4, 0.5) is 0 Å². The second-order valence-corrected chi connectivity index (χ2v) is 4.12. The summed E-state index contributed by atoms with van der Waals surface area (Å²) < 4.78 is 14.8. The van der Waals surface area contributed by atoms with Crippen LogP contribution >= 0.6 is 0 Å². The van der Waals surface area contributed by atoms with E-state index in [1.54, 1.807) is 13.8 Å². The molecule has 98 valence electrons. The lowest BCUT2D eigenvalue weighted by molar-refractivity contribution is -0.159. The maximum atomic E-state index is 12.2. The average molecular weight is 254 g/mol. The van der Waals surface area contributed by atoms with Gasteiger partial charge in [0, 0.05) is 0 Å². The first-order chi connectivity index (χ1) is 8.56. The van der Waals surface area contributed by atoms with Gasteiger partial charge in [0.1, 0.15) is 5.41 Å². The van der Waals surface area contributed by atoms with Crippen molar-refractivity contribution in [3.63, 3.8) is 0 Å². The SMILES string of the molecule is CCOC(=O)C1=C(OCC)OC(=O)C2(CC2)C1=O. The van der Waals surface area contributed by atoms with Crippen LogP contribution in [0.2, 0.25) is 0 Å². The molecule has 6 nitrogen and oxygen atoms in total. The highest BCUT2D eigenvalue weighted by Crippen LogP contribution is 2.52. The quantitative estimate of drug-likeness (QED) is 0.417. The van der Waals surface area contributed by atoms with Gasteiger partial charge in [-0.05, 0) is 26.7 Å². The minimum atomic E-state index is -1.16. The Morgan fingerprint density at radius 3 is 2.44 bits per heavy atom. The van der Waals surface area contributed by atoms with Crippen molar-refractivity contribution in [2.75, 3.05) is 13.2 Å². The van der Waals surface area contributed by atoms with Gasteiger partial charge in [-0.3, -0.25) is 9.59 Å². The molecule has 2 rings (SSSR count). The smallest absolute Gasteiger partial charge is 0.349 e. The van der Waals surface area contributed by atoms with Gasteiger partial charge in [0.05, 0.1) is 13.2 Å². The number of hydrogen-bond acceptors (Lipinski definition) is 6. The fourth-order valence-electron chi connectivity index (χ4n) is 1.83. The summed E-state index contributed by atoms with van der Waals surface area (Å²) in [6.45, 7) is 3.61. The summed E-state index contributed by atoms with van der Waals surface area (Å²) in [5.74, 6) is -2.31. The molecule has 0 N–H and O–H groups in total. The minimum absolute atomic E-state index is 0.135. The zero-order valence-corrected chi connectivity index (χ0v) is 10.3. The van der Waals surface area contributed by atoms with Crippen LogP contribution in [0.3, 0.4) is 0 Å². The minimum Gasteiger partial charge on any atom is -0.465 e. The molecule has 1 spiro atoms. The lowest BCUT2D eigenvalue weighted by Crippen LogP contribution is -2.38. The molecule has 1 fully saturated rings. The molecule has 1 aliphatic heterocycles. The molecule has 2 aliphatic rings. The summed E-state index contributed by atoms with van der Waals surface area (Å²) in [6, 6.07) is 0. The molecule has 0 radical (unpaired) electrons. The van der Waals surface area contributed by atoms with Crippen molar-refractivity contribution in [1.82, 2.24) is 0 Å². The summed E-state index contributed by atoms with van der Waals surface area (Å²) in [4.78, 5) is 35.6. The molecule has 0 aromatic carbocycles. The Morgan fingerprint density at radius 1 is 1.28 bits per heavy atom. The second kappa shape index (κ2) is 4.44. The van der Waals surface area contributed by atoms with Gasteiger partial charge in [-0.1, -0.05) is 0 Å². The Bertz CT molecular complexity index is 443. The van der Waals surface area contributed by atoms with Gasteiger partial charge in [-0.2, -0.15) is 0 Å². The highest BCUT2D eigenvalue weighted by atomic mass is 16.7. The van der Waals surface area contributed by atoms with Crippen LogP contribution < -0.4 is 0 Å². The Hall–Kier alpha value is -1.85. The number of cyclic esters (lactones) is 1. The molecule has 1 saturated carbocycles. The first-order valence-electron chi connectivity index (χ1n) is 5.88. The van der Waals surface area contributed by atoms with Gasteiger partial charge in [0.15, 0.2) is 11.4 Å². The van der Waals surface area contributed by atoms with Crippen LogP contribution in [0.25, 0.3) is 0 Å². The normalized spacial score (nSPS) is 20.8. The number of esters is 2. The van der Waals surface area contributed by atoms with E-state index in [4.69, 9.17) is 14.2 Å². The first kappa shape index (κ1) is 12.6. The zero-order chi connectivity index (χ0) is 13.3. The zero-order valence-electron chi connectivity index (χ0n) is 10.3. The molecule has 1 aliphatic carbocycles. The predicted octanol–water partition coefficient (Wildman–Crippen LogP) is 0.704. The molecule has 18 heavy (non-hydrogen) atoms. The third kappa shape index (κ3) is 1.77. The molecule has 0 bridgehead atoms. The van der Waals surface area contributed by atoms with Crippen LogP contribution in [0.15, 0.2) is 11.5 Å². The summed E-state index contributed by atoms with van der Waals surface area (Å²) in [7, 11) is 0. The molecule has 0 amide bonds. The van der Waals surface area contributed by atoms with Gasteiger partial charge in [0.25, 0.3) is 0 Å². The van der Waals surface area contributed by atoms with Crippen LogP contribution in [-0.4, -0.2) is 30.9 Å². The van der Waals surface area contributed by atoms with E-state index in [0.29, 0.717) is 12.8 Å². The van der Waals surface area contributed by atoms with Crippen molar-refractivity contribution in [3.8, 4) is 0 Å². The molecule has 1 heterocycles. The Balaban J connectivity index is 2.38. The van der Waals surface area contributed by atoms with Crippen molar-refractivity contribution in [2.24, 2.45) is 5.41 Å². The molecule has 0 aromatic heterocycles. The van der Waals surface area contributed by atoms with Crippen LogP contribution in [-0.2, 0) is 28.6 Å². The van der Waals surface area contributed by atoms with Crippen LogP contribution in [0.1, 0.15) is 26.7 Å². The highest BCUT2D eigenvalue weighted by molar-refractivity contribution is 6.27. The fraction of sp³-hybridized carbons (Fsp3) is 0.583. The molecule has 0 unspecified atom stereocenters. The summed E-state index contributed by atoms with van der Waals surface area (Å²) in [5.41, 5.74) is -1.45. The van der Waals surface area contributed by atoms with E-state index in [-0.39, 0.29) is 24.7 Å². The molecule has 0 atom stereocenters. The Morgan fingerprint density at radius 2 is 1.94 bits per heavy atom. The Labute approximate surface area is 104 Å². The van der Waals surface area contributed by atoms with Gasteiger partial charge in [-0.15, -0.1) is 0 Å². The van der Waals surface area contributed by atoms with E-state index in [0.717, 1.165) is 0 Å². The van der Waals surface area contributed by atoms with E-state index in [2.05, 4.69) is 0 Å². The largest absolute Gasteiger partial charge is 0.465 e. The average Bonchev–Trinajstić information content (AvgIpc) is 3.09. The summed E-state index contributed by atoms with van der Waals surface area (Å²) in [6.07, 6.45) is 0.819. The third-order valence-corrected chi connectivity index (χ3v) is 2.95. The number of hydrogen-bond donors (Lipinski definition) is 0. The fourth-order valence-corrected chi connectivity index (χ4v) is 1.83. The Kier molecular flexibility index (Phi) is 3.11. The predicted molar refractivity (Wildman–Crippen MR) is 58.1 cm³/mol. The van der Waals surface area contributed by atoms with Crippen molar-refractivity contribution in [3.05, 3.63) is 11.5 Å². The second-order valence-electron chi connectivity index (χ2n) is 4.12. The maximum Gasteiger partial charge on any atom is 0.349 e. The topological polar surface area (TPSA) is 78.9 Å². The van der Waals surface area contributed by atoms with Crippen molar-refractivity contribution in [2.45, 2.75) is 26.7 Å². The van der Waals surface area contributed by atoms with Gasteiger partial charge < -0.3 is 14.2 Å². The summed E-state index contributed by atoms with van der Waals surface area (Å²) in [5, 5.41) is 0. The number of ketones is 1. The number of ether oxygens (including phenoxy) is 3. The molecule has 0 aromatic rings. The van der Waals surface area contributed by atoms with Crippen LogP contribution in [0.5, 0.6) is 0 Å². The lowest BCUT2D eigenvalue weighted by Gasteiger charge is -2.22. The third-order valence-electron chi connectivity index (χ3n) is 2.95. The van der Waals surface area contributed by atoms with E-state index < -0.39 is 23.1 Å². The highest BCUT2D eigenvalue weighted by Gasteiger charge is 2.63. The van der Waals surface area contributed by atoms with E-state index in [1.807, 2.05) is 0 Å². The van der Waals surface area contributed by atoms with Gasteiger partial charge in [0.2, 0.25) is 0 Å². The van der Waals surface area contributed by atoms with Gasteiger partial charge >= 0.3 is 17.9 Å². The summed E-state index contributed by atoms with van der Waals surface area (Å²) >= 11 is 0. The van der Waals surface area contributed by atoms with Crippen molar-refractivity contribution >= 4 is 17.7 Å². The lowest BCUT2D eigenvalue weighted by atomic mass is 9.93. The number of rotatable bonds is 4. The monoisotopic (exact) mass is 254 g/mol. The molecular formula is C12H14O6. The number of carbonyl (C=O) groups excluding carboxylic acids is 3. The van der Waals surface area contributed by atoms with E-state index in [1.165, 1.54) is 0 Å².